The first kappa shape index (κ1) is 17.9. The van der Waals surface area contributed by atoms with Crippen LogP contribution < -0.4 is 5.32 Å². The van der Waals surface area contributed by atoms with Crippen LogP contribution in [0.3, 0.4) is 0 Å². The Morgan fingerprint density at radius 3 is 2.85 bits per heavy atom. The van der Waals surface area contributed by atoms with Gasteiger partial charge in [0.25, 0.3) is 0 Å². The summed E-state index contributed by atoms with van der Waals surface area (Å²) in [6.45, 7) is 4.83. The van der Waals surface area contributed by atoms with Crippen LogP contribution in [0.15, 0.2) is 47.1 Å². The molecule has 0 fully saturated rings. The number of hydrogen-bond acceptors (Lipinski definition) is 3. The zero-order valence-electron chi connectivity index (χ0n) is 15.4. The van der Waals surface area contributed by atoms with Crippen LogP contribution in [0.2, 0.25) is 0 Å². The van der Waals surface area contributed by atoms with Crippen LogP contribution in [-0.2, 0) is 11.3 Å². The molecule has 1 amide bonds. The lowest BCUT2D eigenvalue weighted by molar-refractivity contribution is -0.116. The molecule has 4 rings (SSSR count). The molecule has 1 aliphatic rings. The Hall–Kier alpha value is -2.47. The van der Waals surface area contributed by atoms with E-state index < -0.39 is 0 Å². The molecule has 0 radical (unpaired) electrons. The zero-order chi connectivity index (χ0) is 19.0. The quantitative estimate of drug-likeness (QED) is 0.650. The van der Waals surface area contributed by atoms with Gasteiger partial charge in [-0.2, -0.15) is 5.10 Å². The van der Waals surface area contributed by atoms with E-state index in [2.05, 4.69) is 51.4 Å². The molecule has 1 aliphatic heterocycles. The highest BCUT2D eigenvalue weighted by molar-refractivity contribution is 9.10. The molecule has 6 heteroatoms. The number of anilines is 1. The first-order valence-corrected chi connectivity index (χ1v) is 9.95. The molecule has 1 aromatic carbocycles. The van der Waals surface area contributed by atoms with Gasteiger partial charge in [-0.3, -0.25) is 9.78 Å². The Bertz CT molecular complexity index is 997. The van der Waals surface area contributed by atoms with E-state index in [9.17, 15) is 4.79 Å². The molecule has 1 atom stereocenters. The van der Waals surface area contributed by atoms with Crippen LogP contribution in [0.1, 0.15) is 42.4 Å². The van der Waals surface area contributed by atoms with Crippen molar-refractivity contribution < 1.29 is 4.79 Å². The number of benzene rings is 1. The molecule has 0 spiro atoms. The lowest BCUT2D eigenvalue weighted by atomic mass is 9.85. The van der Waals surface area contributed by atoms with Gasteiger partial charge in [-0.1, -0.05) is 28.1 Å². The molecule has 0 saturated carbocycles. The third-order valence-electron chi connectivity index (χ3n) is 5.07. The number of amides is 1. The number of rotatable bonds is 3. The van der Waals surface area contributed by atoms with Crippen molar-refractivity contribution >= 4 is 27.7 Å². The summed E-state index contributed by atoms with van der Waals surface area (Å²) < 4.78 is 2.94. The summed E-state index contributed by atoms with van der Waals surface area (Å²) in [6.07, 6.45) is 3.01. The van der Waals surface area contributed by atoms with Crippen molar-refractivity contribution in [3.05, 3.63) is 63.8 Å². The van der Waals surface area contributed by atoms with Gasteiger partial charge < -0.3 is 5.32 Å². The maximum atomic E-state index is 12.4. The highest BCUT2D eigenvalue weighted by Crippen LogP contribution is 2.43. The Kier molecular flexibility index (Phi) is 4.83. The van der Waals surface area contributed by atoms with Crippen molar-refractivity contribution in [1.29, 1.82) is 0 Å². The number of carbonyl (C=O) groups is 1. The van der Waals surface area contributed by atoms with Crippen molar-refractivity contribution in [1.82, 2.24) is 14.8 Å². The molecular weight excluding hydrogens is 404 g/mol. The molecule has 27 heavy (non-hydrogen) atoms. The average Bonchev–Trinajstić information content (AvgIpc) is 2.93. The van der Waals surface area contributed by atoms with E-state index in [1.54, 1.807) is 6.20 Å². The largest absolute Gasteiger partial charge is 0.311 e. The molecule has 138 valence electrons. The van der Waals surface area contributed by atoms with E-state index in [0.717, 1.165) is 33.7 Å². The second-order valence-corrected chi connectivity index (χ2v) is 7.70. The number of aryl methyl sites for hydroxylation is 2. The fourth-order valence-electron chi connectivity index (χ4n) is 3.81. The highest BCUT2D eigenvalue weighted by Gasteiger charge is 2.32. The number of aromatic nitrogens is 3. The van der Waals surface area contributed by atoms with Crippen molar-refractivity contribution in [2.45, 2.75) is 39.2 Å². The molecule has 2 aromatic heterocycles. The lowest BCUT2D eigenvalue weighted by Gasteiger charge is -2.19. The number of hydrogen-bond donors (Lipinski definition) is 1. The number of halogens is 1. The monoisotopic (exact) mass is 424 g/mol. The minimum Gasteiger partial charge on any atom is -0.311 e. The molecular formula is C21H21BrN4O. The minimum atomic E-state index is 0.0377. The standard InChI is InChI=1S/C21H21BrN4O/c1-3-26-21-19(20(25-26)17-6-4-5-11-23-17)16(9-10-18(27)24-21)15-8-7-14(22)12-13(15)2/h4-8,11-12,16H,3,9-10H2,1-2H3,(H,24,27). The number of pyridine rings is 1. The summed E-state index contributed by atoms with van der Waals surface area (Å²) in [7, 11) is 0. The van der Waals surface area contributed by atoms with E-state index in [1.165, 1.54) is 11.1 Å². The summed E-state index contributed by atoms with van der Waals surface area (Å²) in [4.78, 5) is 16.9. The molecule has 5 nitrogen and oxygen atoms in total. The van der Waals surface area contributed by atoms with Gasteiger partial charge in [-0.15, -0.1) is 0 Å². The maximum Gasteiger partial charge on any atom is 0.225 e. The number of nitrogens with zero attached hydrogens (tertiary/aromatic N) is 3. The molecule has 0 saturated heterocycles. The minimum absolute atomic E-state index is 0.0377. The van der Waals surface area contributed by atoms with Crippen LogP contribution >= 0.6 is 15.9 Å². The summed E-state index contributed by atoms with van der Waals surface area (Å²) in [5, 5.41) is 7.90. The van der Waals surface area contributed by atoms with Crippen LogP contribution in [0.25, 0.3) is 11.4 Å². The number of nitrogens with one attached hydrogen (secondary N) is 1. The Labute approximate surface area is 167 Å². The predicted octanol–water partition coefficient (Wildman–Crippen LogP) is 4.90. The highest BCUT2D eigenvalue weighted by atomic mass is 79.9. The van der Waals surface area contributed by atoms with Gasteiger partial charge in [-0.25, -0.2) is 4.68 Å². The third kappa shape index (κ3) is 3.30. The van der Waals surface area contributed by atoms with Crippen molar-refractivity contribution in [3.63, 3.8) is 0 Å². The fourth-order valence-corrected chi connectivity index (χ4v) is 4.29. The van der Waals surface area contributed by atoms with Gasteiger partial charge in [0.1, 0.15) is 11.5 Å². The summed E-state index contributed by atoms with van der Waals surface area (Å²) in [6, 6.07) is 12.2. The summed E-state index contributed by atoms with van der Waals surface area (Å²) in [5.41, 5.74) is 5.17. The number of fused-ring (bicyclic) bond motifs is 1. The van der Waals surface area contributed by atoms with Gasteiger partial charge in [-0.05, 0) is 55.7 Å². The van der Waals surface area contributed by atoms with Gasteiger partial charge in [0, 0.05) is 35.1 Å². The van der Waals surface area contributed by atoms with E-state index in [0.29, 0.717) is 13.0 Å². The maximum absolute atomic E-state index is 12.4. The third-order valence-corrected chi connectivity index (χ3v) is 5.56. The summed E-state index contributed by atoms with van der Waals surface area (Å²) in [5.74, 6) is 0.924. The van der Waals surface area contributed by atoms with E-state index in [1.807, 2.05) is 29.8 Å². The first-order chi connectivity index (χ1) is 13.1. The van der Waals surface area contributed by atoms with Gasteiger partial charge in [0.2, 0.25) is 5.91 Å². The molecule has 0 bridgehead atoms. The Morgan fingerprint density at radius 2 is 2.15 bits per heavy atom. The Morgan fingerprint density at radius 1 is 1.30 bits per heavy atom. The molecule has 0 aliphatic carbocycles. The van der Waals surface area contributed by atoms with Crippen molar-refractivity contribution in [2.75, 3.05) is 5.32 Å². The topological polar surface area (TPSA) is 59.8 Å². The fraction of sp³-hybridized carbons (Fsp3) is 0.286. The van der Waals surface area contributed by atoms with Crippen LogP contribution in [0.5, 0.6) is 0 Å². The molecule has 3 heterocycles. The van der Waals surface area contributed by atoms with Crippen LogP contribution in [0.4, 0.5) is 5.82 Å². The van der Waals surface area contributed by atoms with Crippen LogP contribution in [0, 0.1) is 6.92 Å². The SMILES string of the molecule is CCn1nc(-c2ccccn2)c2c1NC(=O)CCC2c1ccc(Br)cc1C. The molecule has 1 unspecified atom stereocenters. The molecule has 3 aromatic rings. The van der Waals surface area contributed by atoms with E-state index >= 15 is 0 Å². The smallest absolute Gasteiger partial charge is 0.225 e. The van der Waals surface area contributed by atoms with Crippen molar-refractivity contribution in [2.24, 2.45) is 0 Å². The van der Waals surface area contributed by atoms with Gasteiger partial charge in [0.05, 0.1) is 5.69 Å². The van der Waals surface area contributed by atoms with Crippen LogP contribution in [-0.4, -0.2) is 20.7 Å². The van der Waals surface area contributed by atoms with Crippen molar-refractivity contribution in [3.8, 4) is 11.4 Å². The zero-order valence-corrected chi connectivity index (χ0v) is 17.0. The normalized spacial score (nSPS) is 16.6. The van der Waals surface area contributed by atoms with E-state index in [-0.39, 0.29) is 11.8 Å². The Balaban J connectivity index is 1.97. The second kappa shape index (κ2) is 7.27. The average molecular weight is 425 g/mol. The van der Waals surface area contributed by atoms with E-state index in [4.69, 9.17) is 5.10 Å². The summed E-state index contributed by atoms with van der Waals surface area (Å²) >= 11 is 3.55. The van der Waals surface area contributed by atoms with Gasteiger partial charge in [0.15, 0.2) is 0 Å². The predicted molar refractivity (Wildman–Crippen MR) is 110 cm³/mol. The first-order valence-electron chi connectivity index (χ1n) is 9.16. The second-order valence-electron chi connectivity index (χ2n) is 6.78. The lowest BCUT2D eigenvalue weighted by Crippen LogP contribution is -2.13. The van der Waals surface area contributed by atoms with Gasteiger partial charge >= 0.3 is 0 Å². The molecule has 1 N–H and O–H groups in total. The number of carbonyl (C=O) groups excluding carboxylic acids is 1.